The fraction of sp³-hybridized carbons (Fsp3) is 0.312. The van der Waals surface area contributed by atoms with Crippen molar-refractivity contribution >= 4 is 23.2 Å². The monoisotopic (exact) mass is 292 g/mol. The molecule has 0 fully saturated rings. The maximum Gasteiger partial charge on any atom is 0.176 e. The van der Waals surface area contributed by atoms with Crippen molar-refractivity contribution in [3.8, 4) is 0 Å². The summed E-state index contributed by atoms with van der Waals surface area (Å²) in [6, 6.07) is 7.90. The fourth-order valence-electron chi connectivity index (χ4n) is 2.68. The van der Waals surface area contributed by atoms with Crippen LogP contribution in [0.15, 0.2) is 36.7 Å². The molecule has 3 rings (SSSR count). The first kappa shape index (κ1) is 13.0. The average Bonchev–Trinajstić information content (AvgIpc) is 2.43. The number of aryl methyl sites for hydroxylation is 2. The van der Waals surface area contributed by atoms with E-state index < -0.39 is 0 Å². The summed E-state index contributed by atoms with van der Waals surface area (Å²) in [6.07, 6.45) is 9.38. The molecule has 3 heteroatoms. The number of aromatic nitrogens is 1. The minimum Gasteiger partial charge on any atom is -0.200 e. The van der Waals surface area contributed by atoms with Gasteiger partial charge < -0.3 is 0 Å². The van der Waals surface area contributed by atoms with E-state index in [0.717, 1.165) is 22.2 Å². The van der Waals surface area contributed by atoms with Crippen LogP contribution in [-0.2, 0) is 19.4 Å². The molecular formula is C16H16Cl2N+. The Hall–Kier alpha value is -1.05. The van der Waals surface area contributed by atoms with Crippen LogP contribution in [0.5, 0.6) is 0 Å². The number of fused-ring (bicyclic) bond motifs is 1. The van der Waals surface area contributed by atoms with Gasteiger partial charge in [-0.15, -0.1) is 0 Å². The fourth-order valence-corrected chi connectivity index (χ4v) is 3.20. The van der Waals surface area contributed by atoms with Crippen LogP contribution in [0.4, 0.5) is 0 Å². The summed E-state index contributed by atoms with van der Waals surface area (Å²) < 4.78 is 2.18. The van der Waals surface area contributed by atoms with Gasteiger partial charge in [0.2, 0.25) is 0 Å². The third-order valence-corrected chi connectivity index (χ3v) is 4.45. The zero-order valence-corrected chi connectivity index (χ0v) is 12.2. The SMILES string of the molecule is Clc1cccc(Cl)c1C[n+]1ccc2c(c1)CCCC2. The van der Waals surface area contributed by atoms with Crippen LogP contribution in [0.25, 0.3) is 0 Å². The average molecular weight is 293 g/mol. The first-order valence-electron chi connectivity index (χ1n) is 6.68. The van der Waals surface area contributed by atoms with Gasteiger partial charge in [-0.2, -0.15) is 0 Å². The Balaban J connectivity index is 1.91. The topological polar surface area (TPSA) is 3.88 Å². The molecule has 1 aromatic heterocycles. The predicted molar refractivity (Wildman–Crippen MR) is 78.8 cm³/mol. The molecule has 98 valence electrons. The summed E-state index contributed by atoms with van der Waals surface area (Å²) in [5, 5.41) is 1.47. The van der Waals surface area contributed by atoms with Crippen molar-refractivity contribution in [2.75, 3.05) is 0 Å². The van der Waals surface area contributed by atoms with E-state index in [1.165, 1.54) is 36.8 Å². The molecule has 0 bridgehead atoms. The van der Waals surface area contributed by atoms with Crippen LogP contribution >= 0.6 is 23.2 Å². The van der Waals surface area contributed by atoms with E-state index in [4.69, 9.17) is 23.2 Å². The highest BCUT2D eigenvalue weighted by molar-refractivity contribution is 6.35. The van der Waals surface area contributed by atoms with E-state index in [1.54, 1.807) is 0 Å². The Bertz CT molecular complexity index is 587. The third-order valence-electron chi connectivity index (χ3n) is 3.75. The van der Waals surface area contributed by atoms with Gasteiger partial charge in [0.1, 0.15) is 0 Å². The van der Waals surface area contributed by atoms with Gasteiger partial charge in [-0.3, -0.25) is 0 Å². The van der Waals surface area contributed by atoms with Gasteiger partial charge in [0.25, 0.3) is 0 Å². The zero-order chi connectivity index (χ0) is 13.2. The molecule has 1 heterocycles. The van der Waals surface area contributed by atoms with Crippen LogP contribution in [0.2, 0.25) is 10.0 Å². The number of pyridine rings is 1. The van der Waals surface area contributed by atoms with Crippen LogP contribution in [0.3, 0.4) is 0 Å². The Kier molecular flexibility index (Phi) is 3.76. The largest absolute Gasteiger partial charge is 0.200 e. The molecule has 2 aromatic rings. The molecule has 19 heavy (non-hydrogen) atoms. The molecule has 1 aromatic carbocycles. The normalized spacial score (nSPS) is 14.2. The number of benzene rings is 1. The molecule has 1 nitrogen and oxygen atoms in total. The molecule has 1 aliphatic rings. The van der Waals surface area contributed by atoms with Gasteiger partial charge in [-0.1, -0.05) is 29.3 Å². The lowest BCUT2D eigenvalue weighted by atomic mass is 9.93. The second-order valence-corrected chi connectivity index (χ2v) is 5.89. The first-order chi connectivity index (χ1) is 9.24. The van der Waals surface area contributed by atoms with Gasteiger partial charge in [0, 0.05) is 11.6 Å². The number of rotatable bonds is 2. The van der Waals surface area contributed by atoms with E-state index in [0.29, 0.717) is 0 Å². The molecular weight excluding hydrogens is 277 g/mol. The lowest BCUT2D eigenvalue weighted by molar-refractivity contribution is -0.688. The first-order valence-corrected chi connectivity index (χ1v) is 7.43. The van der Waals surface area contributed by atoms with Crippen molar-refractivity contribution in [3.63, 3.8) is 0 Å². The number of halogens is 2. The Morgan fingerprint density at radius 2 is 1.63 bits per heavy atom. The van der Waals surface area contributed by atoms with E-state index in [1.807, 2.05) is 18.2 Å². The Labute approximate surface area is 123 Å². The minimum absolute atomic E-state index is 0.728. The van der Waals surface area contributed by atoms with Crippen LogP contribution < -0.4 is 4.57 Å². The van der Waals surface area contributed by atoms with Crippen LogP contribution in [0, 0.1) is 0 Å². The zero-order valence-electron chi connectivity index (χ0n) is 10.7. The standard InChI is InChI=1S/C16H16Cl2N/c17-15-6-3-7-16(18)14(15)11-19-9-8-12-4-1-2-5-13(12)10-19/h3,6-10H,1-2,4-5,11H2/q+1. The van der Waals surface area contributed by atoms with Crippen LogP contribution in [-0.4, -0.2) is 0 Å². The summed E-state index contributed by atoms with van der Waals surface area (Å²) in [5.74, 6) is 0. The lowest BCUT2D eigenvalue weighted by Crippen LogP contribution is -2.35. The molecule has 0 amide bonds. The molecule has 1 aliphatic carbocycles. The summed E-state index contributed by atoms with van der Waals surface area (Å²) >= 11 is 12.5. The summed E-state index contributed by atoms with van der Waals surface area (Å²) in [7, 11) is 0. The maximum atomic E-state index is 6.23. The number of hydrogen-bond donors (Lipinski definition) is 0. The summed E-state index contributed by atoms with van der Waals surface area (Å²) in [4.78, 5) is 0. The maximum absolute atomic E-state index is 6.23. The quantitative estimate of drug-likeness (QED) is 0.730. The second kappa shape index (κ2) is 5.52. The van der Waals surface area contributed by atoms with Crippen molar-refractivity contribution in [1.29, 1.82) is 0 Å². The molecule has 0 unspecified atom stereocenters. The van der Waals surface area contributed by atoms with Gasteiger partial charge >= 0.3 is 0 Å². The molecule has 0 N–H and O–H groups in total. The summed E-state index contributed by atoms with van der Waals surface area (Å²) in [6.45, 7) is 0.728. The van der Waals surface area contributed by atoms with E-state index in [-0.39, 0.29) is 0 Å². The van der Waals surface area contributed by atoms with Gasteiger partial charge in [-0.05, 0) is 43.4 Å². The van der Waals surface area contributed by atoms with E-state index in [2.05, 4.69) is 23.0 Å². The van der Waals surface area contributed by atoms with Crippen molar-refractivity contribution in [3.05, 3.63) is 63.4 Å². The van der Waals surface area contributed by atoms with Crippen molar-refractivity contribution in [1.82, 2.24) is 0 Å². The van der Waals surface area contributed by atoms with Crippen molar-refractivity contribution in [2.45, 2.75) is 32.2 Å². The Morgan fingerprint density at radius 3 is 2.37 bits per heavy atom. The molecule has 0 radical (unpaired) electrons. The molecule has 0 aliphatic heterocycles. The highest BCUT2D eigenvalue weighted by Gasteiger charge is 2.15. The van der Waals surface area contributed by atoms with E-state index >= 15 is 0 Å². The molecule has 0 spiro atoms. The predicted octanol–water partition coefficient (Wildman–Crippen LogP) is 4.21. The highest BCUT2D eigenvalue weighted by Crippen LogP contribution is 2.24. The lowest BCUT2D eigenvalue weighted by Gasteiger charge is -2.13. The highest BCUT2D eigenvalue weighted by atomic mass is 35.5. The summed E-state index contributed by atoms with van der Waals surface area (Å²) in [5.41, 5.74) is 3.95. The molecule has 0 atom stereocenters. The Morgan fingerprint density at radius 1 is 0.947 bits per heavy atom. The smallest absolute Gasteiger partial charge is 0.176 e. The van der Waals surface area contributed by atoms with Gasteiger partial charge in [0.05, 0.1) is 15.6 Å². The minimum atomic E-state index is 0.728. The van der Waals surface area contributed by atoms with Crippen molar-refractivity contribution in [2.24, 2.45) is 0 Å². The van der Waals surface area contributed by atoms with Gasteiger partial charge in [0.15, 0.2) is 18.9 Å². The van der Waals surface area contributed by atoms with Crippen molar-refractivity contribution < 1.29 is 4.57 Å². The van der Waals surface area contributed by atoms with Crippen LogP contribution in [0.1, 0.15) is 29.5 Å². The third kappa shape index (κ3) is 2.77. The second-order valence-electron chi connectivity index (χ2n) is 5.07. The molecule has 0 saturated carbocycles. The number of hydrogen-bond acceptors (Lipinski definition) is 0. The van der Waals surface area contributed by atoms with Gasteiger partial charge in [-0.25, -0.2) is 4.57 Å². The van der Waals surface area contributed by atoms with E-state index in [9.17, 15) is 0 Å². The number of nitrogens with zero attached hydrogens (tertiary/aromatic N) is 1. The molecule has 0 saturated heterocycles.